The van der Waals surface area contributed by atoms with Crippen LogP contribution in [-0.2, 0) is 16.1 Å². The van der Waals surface area contributed by atoms with E-state index < -0.39 is 0 Å². The van der Waals surface area contributed by atoms with Crippen molar-refractivity contribution in [1.82, 2.24) is 19.7 Å². The Hall–Kier alpha value is -2.47. The molecule has 30 heavy (non-hydrogen) atoms. The summed E-state index contributed by atoms with van der Waals surface area (Å²) < 4.78 is 0. The van der Waals surface area contributed by atoms with Gasteiger partial charge in [0.25, 0.3) is 0 Å². The van der Waals surface area contributed by atoms with Gasteiger partial charge < -0.3 is 9.80 Å². The number of carbonyl (C=O) groups excluding carboxylic acids is 2. The maximum atomic E-state index is 13.5. The third-order valence-electron chi connectivity index (χ3n) is 7.79. The molecule has 2 amide bonds. The molecule has 6 nitrogen and oxygen atoms in total. The van der Waals surface area contributed by atoms with Gasteiger partial charge in [0.15, 0.2) is 0 Å². The monoisotopic (exact) mass is 404 g/mol. The normalized spacial score (nSPS) is 31.6. The minimum atomic E-state index is -0.323. The Morgan fingerprint density at radius 2 is 1.87 bits per heavy atom. The Labute approximate surface area is 176 Å². The lowest BCUT2D eigenvalue weighted by atomic mass is 9.85. The van der Waals surface area contributed by atoms with Crippen LogP contribution < -0.4 is 0 Å². The van der Waals surface area contributed by atoms with Gasteiger partial charge in [-0.3, -0.25) is 19.5 Å². The van der Waals surface area contributed by atoms with E-state index in [-0.39, 0.29) is 23.9 Å². The Balaban J connectivity index is 1.24. The van der Waals surface area contributed by atoms with Crippen LogP contribution in [0.25, 0.3) is 10.9 Å². The molecule has 0 radical (unpaired) electrons. The Kier molecular flexibility index (Phi) is 4.30. The van der Waals surface area contributed by atoms with Crippen LogP contribution in [-0.4, -0.2) is 69.3 Å². The average Bonchev–Trinajstić information content (AvgIpc) is 3.18. The van der Waals surface area contributed by atoms with Gasteiger partial charge in [0.1, 0.15) is 12.1 Å². The standard InChI is InChI=1S/C24H28N4O2/c29-23-21-13-16-5-1-2-9-20(16)28(21)24(30)22-15-26(11-12-27(22)23)14-17-6-3-8-19-18(17)7-4-10-25-19/h3-4,6-8,10,16,20-22H,1-2,5,9,11-15H2. The van der Waals surface area contributed by atoms with Gasteiger partial charge >= 0.3 is 0 Å². The fourth-order valence-corrected chi connectivity index (χ4v) is 6.37. The van der Waals surface area contributed by atoms with Gasteiger partial charge in [-0.15, -0.1) is 0 Å². The number of hydrogen-bond donors (Lipinski definition) is 0. The summed E-state index contributed by atoms with van der Waals surface area (Å²) in [7, 11) is 0. The molecule has 156 valence electrons. The smallest absolute Gasteiger partial charge is 0.247 e. The van der Waals surface area contributed by atoms with E-state index in [1.807, 2.05) is 34.2 Å². The van der Waals surface area contributed by atoms with Crippen LogP contribution in [0.4, 0.5) is 0 Å². The number of piperazine rings is 2. The van der Waals surface area contributed by atoms with E-state index in [0.717, 1.165) is 36.8 Å². The molecular weight excluding hydrogens is 376 g/mol. The molecule has 0 bridgehead atoms. The van der Waals surface area contributed by atoms with E-state index in [0.29, 0.717) is 25.0 Å². The van der Waals surface area contributed by atoms with Crippen molar-refractivity contribution in [2.45, 2.75) is 56.8 Å². The number of nitrogens with zero attached hydrogens (tertiary/aromatic N) is 4. The Morgan fingerprint density at radius 3 is 2.80 bits per heavy atom. The van der Waals surface area contributed by atoms with Crippen LogP contribution >= 0.6 is 0 Å². The Bertz CT molecular complexity index is 1000. The largest absolute Gasteiger partial charge is 0.326 e. The number of amides is 2. The van der Waals surface area contributed by atoms with Gasteiger partial charge in [-0.25, -0.2) is 0 Å². The highest BCUT2D eigenvalue weighted by atomic mass is 16.2. The summed E-state index contributed by atoms with van der Waals surface area (Å²) in [4.78, 5) is 37.5. The fraction of sp³-hybridized carbons (Fsp3) is 0.542. The number of rotatable bonds is 2. The molecule has 4 aliphatic rings. The Morgan fingerprint density at radius 1 is 0.967 bits per heavy atom. The summed E-state index contributed by atoms with van der Waals surface area (Å²) >= 11 is 0. The first-order valence-electron chi connectivity index (χ1n) is 11.4. The summed E-state index contributed by atoms with van der Waals surface area (Å²) in [6.45, 7) is 2.87. The molecule has 1 aliphatic carbocycles. The molecule has 4 heterocycles. The number of hydrogen-bond acceptors (Lipinski definition) is 4. The number of pyridine rings is 1. The van der Waals surface area contributed by atoms with E-state index in [1.54, 1.807) is 0 Å². The van der Waals surface area contributed by atoms with Crippen molar-refractivity contribution < 1.29 is 9.59 Å². The van der Waals surface area contributed by atoms with Crippen LogP contribution in [0, 0.1) is 5.92 Å². The van der Waals surface area contributed by atoms with Gasteiger partial charge in [0.2, 0.25) is 11.8 Å². The zero-order valence-electron chi connectivity index (χ0n) is 17.2. The molecule has 3 aliphatic heterocycles. The third kappa shape index (κ3) is 2.77. The molecule has 4 unspecified atom stereocenters. The average molecular weight is 405 g/mol. The van der Waals surface area contributed by atoms with Crippen LogP contribution in [0.5, 0.6) is 0 Å². The van der Waals surface area contributed by atoms with Crippen molar-refractivity contribution in [3.05, 3.63) is 42.1 Å². The summed E-state index contributed by atoms with van der Waals surface area (Å²) in [5.74, 6) is 0.915. The first-order valence-corrected chi connectivity index (χ1v) is 11.4. The van der Waals surface area contributed by atoms with Gasteiger partial charge in [0, 0.05) is 43.8 Å². The topological polar surface area (TPSA) is 56.8 Å². The SMILES string of the molecule is O=C1C2CC3CCCCC3N2C(=O)C2CN(Cc3cccc4ncccc34)CCN12. The first-order chi connectivity index (χ1) is 14.7. The number of aromatic nitrogens is 1. The summed E-state index contributed by atoms with van der Waals surface area (Å²) in [6.07, 6.45) is 7.36. The van der Waals surface area contributed by atoms with Gasteiger partial charge in [-0.05, 0) is 42.9 Å². The third-order valence-corrected chi connectivity index (χ3v) is 7.79. The first kappa shape index (κ1) is 18.3. The molecule has 4 atom stereocenters. The van der Waals surface area contributed by atoms with Crippen LogP contribution in [0.2, 0.25) is 0 Å². The number of fused-ring (bicyclic) bond motifs is 5. The lowest BCUT2D eigenvalue weighted by molar-refractivity contribution is -0.165. The van der Waals surface area contributed by atoms with E-state index >= 15 is 0 Å². The van der Waals surface area contributed by atoms with Crippen molar-refractivity contribution in [1.29, 1.82) is 0 Å². The number of benzene rings is 1. The van der Waals surface area contributed by atoms with Crippen molar-refractivity contribution in [2.75, 3.05) is 19.6 Å². The van der Waals surface area contributed by atoms with Crippen molar-refractivity contribution in [3.8, 4) is 0 Å². The van der Waals surface area contributed by atoms with Gasteiger partial charge in [-0.2, -0.15) is 0 Å². The molecule has 6 rings (SSSR count). The molecule has 1 saturated carbocycles. The van der Waals surface area contributed by atoms with Gasteiger partial charge in [-0.1, -0.05) is 31.0 Å². The lowest BCUT2D eigenvalue weighted by Crippen LogP contribution is -2.69. The highest BCUT2D eigenvalue weighted by molar-refractivity contribution is 5.98. The molecule has 1 aromatic carbocycles. The highest BCUT2D eigenvalue weighted by Crippen LogP contribution is 2.43. The maximum absolute atomic E-state index is 13.5. The van der Waals surface area contributed by atoms with Crippen LogP contribution in [0.1, 0.15) is 37.7 Å². The molecule has 6 heteroatoms. The van der Waals surface area contributed by atoms with E-state index in [2.05, 4.69) is 22.0 Å². The zero-order chi connectivity index (χ0) is 20.2. The van der Waals surface area contributed by atoms with Crippen molar-refractivity contribution in [3.63, 3.8) is 0 Å². The van der Waals surface area contributed by atoms with Crippen molar-refractivity contribution in [2.24, 2.45) is 5.92 Å². The minimum Gasteiger partial charge on any atom is -0.326 e. The second kappa shape index (κ2) is 7.05. The van der Waals surface area contributed by atoms with Crippen LogP contribution in [0.3, 0.4) is 0 Å². The van der Waals surface area contributed by atoms with E-state index in [1.165, 1.54) is 24.8 Å². The van der Waals surface area contributed by atoms with Crippen LogP contribution in [0.15, 0.2) is 36.5 Å². The highest BCUT2D eigenvalue weighted by Gasteiger charge is 2.55. The summed E-state index contributed by atoms with van der Waals surface area (Å²) in [6, 6.07) is 10.1. The van der Waals surface area contributed by atoms with Crippen molar-refractivity contribution >= 4 is 22.7 Å². The molecule has 3 saturated heterocycles. The molecule has 0 N–H and O–H groups in total. The summed E-state index contributed by atoms with van der Waals surface area (Å²) in [5, 5.41) is 1.16. The number of carbonyl (C=O) groups is 2. The molecule has 2 aromatic rings. The fourth-order valence-electron chi connectivity index (χ4n) is 6.37. The predicted molar refractivity (Wildman–Crippen MR) is 114 cm³/mol. The predicted octanol–water partition coefficient (Wildman–Crippen LogP) is 2.42. The van der Waals surface area contributed by atoms with E-state index in [4.69, 9.17) is 0 Å². The molecule has 0 spiro atoms. The van der Waals surface area contributed by atoms with Gasteiger partial charge in [0.05, 0.1) is 5.52 Å². The second-order valence-corrected chi connectivity index (χ2v) is 9.38. The quantitative estimate of drug-likeness (QED) is 0.771. The minimum absolute atomic E-state index is 0.193. The second-order valence-electron chi connectivity index (χ2n) is 9.38. The summed E-state index contributed by atoms with van der Waals surface area (Å²) in [5.41, 5.74) is 2.23. The molecule has 4 fully saturated rings. The lowest BCUT2D eigenvalue weighted by Gasteiger charge is -2.49. The molecule has 1 aromatic heterocycles. The van der Waals surface area contributed by atoms with E-state index in [9.17, 15) is 9.59 Å². The zero-order valence-corrected chi connectivity index (χ0v) is 17.2. The maximum Gasteiger partial charge on any atom is 0.247 e. The molecular formula is C24H28N4O2.